The minimum atomic E-state index is -0.247. The highest BCUT2D eigenvalue weighted by atomic mass is 16.5. The average molecular weight is 315 g/mol. The van der Waals surface area contributed by atoms with Crippen molar-refractivity contribution >= 4 is 5.91 Å². The normalized spacial score (nSPS) is 16.9. The Hall–Kier alpha value is -2.34. The van der Waals surface area contributed by atoms with Gasteiger partial charge in [-0.2, -0.15) is 4.73 Å². The molecule has 6 heteroatoms. The van der Waals surface area contributed by atoms with Crippen LogP contribution in [0.1, 0.15) is 41.4 Å². The van der Waals surface area contributed by atoms with Crippen molar-refractivity contribution in [2.75, 3.05) is 19.6 Å². The molecule has 1 N–H and O–H groups in total. The standard InChI is InChI=1S/C17H21N3O3/c21-17(14-6-4-10-20(22)13-14)18-12-15(16-7-5-11-23-16)19-8-2-1-3-9-19/h4-7,10-11,13,15H,1-3,8-9,12H2,(H,18,21). The number of hydrogen-bond donors (Lipinski definition) is 1. The first kappa shape index (κ1) is 15.6. The Balaban J connectivity index is 1.67. The minimum absolute atomic E-state index is 0.0253. The van der Waals surface area contributed by atoms with Crippen LogP contribution in [0.4, 0.5) is 0 Å². The molecule has 1 atom stereocenters. The first-order chi connectivity index (χ1) is 11.2. The number of piperidine rings is 1. The van der Waals surface area contributed by atoms with Crippen LogP contribution in [0.5, 0.6) is 0 Å². The molecule has 122 valence electrons. The number of rotatable bonds is 5. The quantitative estimate of drug-likeness (QED) is 0.675. The molecule has 0 spiro atoms. The Labute approximate surface area is 135 Å². The van der Waals surface area contributed by atoms with Crippen molar-refractivity contribution in [1.82, 2.24) is 10.2 Å². The predicted octanol–water partition coefficient (Wildman–Crippen LogP) is 1.87. The highest BCUT2D eigenvalue weighted by Gasteiger charge is 2.25. The first-order valence-electron chi connectivity index (χ1n) is 7.98. The summed E-state index contributed by atoms with van der Waals surface area (Å²) in [6, 6.07) is 7.03. The van der Waals surface area contributed by atoms with Gasteiger partial charge >= 0.3 is 0 Å². The Morgan fingerprint density at radius 3 is 2.83 bits per heavy atom. The molecule has 0 saturated carbocycles. The molecule has 1 fully saturated rings. The third kappa shape index (κ3) is 3.90. The molecule has 1 saturated heterocycles. The molecular weight excluding hydrogens is 294 g/mol. The number of pyridine rings is 1. The summed E-state index contributed by atoms with van der Waals surface area (Å²) in [6.45, 7) is 2.47. The van der Waals surface area contributed by atoms with Gasteiger partial charge in [0.05, 0.1) is 12.3 Å². The van der Waals surface area contributed by atoms with Gasteiger partial charge in [0, 0.05) is 12.6 Å². The highest BCUT2D eigenvalue weighted by Crippen LogP contribution is 2.24. The fourth-order valence-corrected chi connectivity index (χ4v) is 3.00. The number of furan rings is 1. The second kappa shape index (κ2) is 7.28. The molecule has 1 unspecified atom stereocenters. The van der Waals surface area contributed by atoms with Crippen molar-refractivity contribution in [1.29, 1.82) is 0 Å². The number of amides is 1. The van der Waals surface area contributed by atoms with Gasteiger partial charge in [-0.25, -0.2) is 0 Å². The predicted molar refractivity (Wildman–Crippen MR) is 84.6 cm³/mol. The largest absolute Gasteiger partial charge is 0.619 e. The van der Waals surface area contributed by atoms with Gasteiger partial charge in [-0.1, -0.05) is 6.42 Å². The molecule has 0 radical (unpaired) electrons. The number of hydrogen-bond acceptors (Lipinski definition) is 4. The molecule has 0 aromatic carbocycles. The number of carbonyl (C=O) groups is 1. The lowest BCUT2D eigenvalue weighted by atomic mass is 10.1. The van der Waals surface area contributed by atoms with Crippen molar-refractivity contribution in [3.8, 4) is 0 Å². The van der Waals surface area contributed by atoms with Crippen LogP contribution in [0.15, 0.2) is 47.3 Å². The smallest absolute Gasteiger partial charge is 0.257 e. The summed E-state index contributed by atoms with van der Waals surface area (Å²) in [5.41, 5.74) is 0.360. The molecule has 3 rings (SSSR count). The van der Waals surface area contributed by atoms with Crippen molar-refractivity contribution in [2.45, 2.75) is 25.3 Å². The average Bonchev–Trinajstić information content (AvgIpc) is 3.10. The number of carbonyl (C=O) groups excluding carboxylic acids is 1. The van der Waals surface area contributed by atoms with E-state index >= 15 is 0 Å². The van der Waals surface area contributed by atoms with Crippen molar-refractivity contribution in [3.63, 3.8) is 0 Å². The molecule has 1 amide bonds. The molecule has 0 bridgehead atoms. The van der Waals surface area contributed by atoms with Crippen LogP contribution in [0.2, 0.25) is 0 Å². The second-order valence-electron chi connectivity index (χ2n) is 5.79. The van der Waals surface area contributed by atoms with Crippen LogP contribution in [-0.2, 0) is 0 Å². The fraction of sp³-hybridized carbons (Fsp3) is 0.412. The molecule has 1 aliphatic rings. The zero-order valence-corrected chi connectivity index (χ0v) is 13.0. The van der Waals surface area contributed by atoms with Crippen LogP contribution in [0.3, 0.4) is 0 Å². The summed E-state index contributed by atoms with van der Waals surface area (Å²) in [7, 11) is 0. The zero-order chi connectivity index (χ0) is 16.1. The van der Waals surface area contributed by atoms with Crippen LogP contribution >= 0.6 is 0 Å². The summed E-state index contributed by atoms with van der Waals surface area (Å²) < 4.78 is 6.19. The van der Waals surface area contributed by atoms with Gasteiger partial charge in [-0.3, -0.25) is 9.69 Å². The van der Waals surface area contributed by atoms with Crippen molar-refractivity contribution in [3.05, 3.63) is 59.5 Å². The van der Waals surface area contributed by atoms with Gasteiger partial charge in [0.1, 0.15) is 11.3 Å². The lowest BCUT2D eigenvalue weighted by Crippen LogP contribution is -2.41. The van der Waals surface area contributed by atoms with E-state index in [0.29, 0.717) is 16.8 Å². The third-order valence-electron chi connectivity index (χ3n) is 4.20. The van der Waals surface area contributed by atoms with Crippen LogP contribution in [0.25, 0.3) is 0 Å². The second-order valence-corrected chi connectivity index (χ2v) is 5.79. The maximum absolute atomic E-state index is 12.2. The Morgan fingerprint density at radius 2 is 2.13 bits per heavy atom. The van der Waals surface area contributed by atoms with E-state index < -0.39 is 0 Å². The lowest BCUT2D eigenvalue weighted by Gasteiger charge is -2.33. The fourth-order valence-electron chi connectivity index (χ4n) is 3.00. The summed E-state index contributed by atoms with van der Waals surface area (Å²) in [4.78, 5) is 14.6. The van der Waals surface area contributed by atoms with E-state index in [-0.39, 0.29) is 11.9 Å². The minimum Gasteiger partial charge on any atom is -0.619 e. The molecule has 23 heavy (non-hydrogen) atoms. The van der Waals surface area contributed by atoms with Crippen LogP contribution < -0.4 is 10.0 Å². The van der Waals surface area contributed by atoms with Crippen molar-refractivity contribution < 1.29 is 13.9 Å². The lowest BCUT2D eigenvalue weighted by molar-refractivity contribution is -0.605. The van der Waals surface area contributed by atoms with E-state index in [1.165, 1.54) is 31.7 Å². The topological polar surface area (TPSA) is 72.4 Å². The van der Waals surface area contributed by atoms with Gasteiger partial charge < -0.3 is 14.9 Å². The molecule has 2 aromatic heterocycles. The van der Waals surface area contributed by atoms with Crippen LogP contribution in [-0.4, -0.2) is 30.4 Å². The Kier molecular flexibility index (Phi) is 4.92. The third-order valence-corrected chi connectivity index (χ3v) is 4.20. The summed E-state index contributed by atoms with van der Waals surface area (Å²) in [5, 5.41) is 14.2. The van der Waals surface area contributed by atoms with Gasteiger partial charge in [0.2, 0.25) is 0 Å². The van der Waals surface area contributed by atoms with Crippen molar-refractivity contribution in [2.24, 2.45) is 0 Å². The first-order valence-corrected chi connectivity index (χ1v) is 7.98. The number of aromatic nitrogens is 1. The molecule has 6 nitrogen and oxygen atoms in total. The van der Waals surface area contributed by atoms with Gasteiger partial charge in [0.15, 0.2) is 12.4 Å². The number of likely N-dealkylation sites (tertiary alicyclic amines) is 1. The SMILES string of the molecule is O=C(NCC(c1ccco1)N1CCCCC1)c1ccc[n+]([O-])c1. The molecule has 3 heterocycles. The van der Waals surface area contributed by atoms with E-state index in [4.69, 9.17) is 4.42 Å². The highest BCUT2D eigenvalue weighted by molar-refractivity contribution is 5.93. The molecular formula is C17H21N3O3. The summed E-state index contributed by atoms with van der Waals surface area (Å²) in [5.74, 6) is 0.614. The Morgan fingerprint density at radius 1 is 1.30 bits per heavy atom. The molecule has 0 aliphatic carbocycles. The maximum Gasteiger partial charge on any atom is 0.257 e. The van der Waals surface area contributed by atoms with E-state index in [2.05, 4.69) is 10.2 Å². The number of nitrogens with one attached hydrogen (secondary N) is 1. The van der Waals surface area contributed by atoms with E-state index in [1.807, 2.05) is 12.1 Å². The zero-order valence-electron chi connectivity index (χ0n) is 13.0. The van der Waals surface area contributed by atoms with Gasteiger partial charge in [0.25, 0.3) is 5.91 Å². The molecule has 2 aromatic rings. The Bertz CT molecular complexity index is 636. The molecule has 1 aliphatic heterocycles. The monoisotopic (exact) mass is 315 g/mol. The number of nitrogens with zero attached hydrogens (tertiary/aromatic N) is 2. The van der Waals surface area contributed by atoms with Gasteiger partial charge in [-0.05, 0) is 44.1 Å². The summed E-state index contributed by atoms with van der Waals surface area (Å²) >= 11 is 0. The summed E-state index contributed by atoms with van der Waals surface area (Å²) in [6.07, 6.45) is 7.88. The van der Waals surface area contributed by atoms with Crippen LogP contribution in [0, 0.1) is 5.21 Å². The van der Waals surface area contributed by atoms with E-state index in [1.54, 1.807) is 18.4 Å². The maximum atomic E-state index is 12.2. The van der Waals surface area contributed by atoms with Gasteiger partial charge in [-0.15, -0.1) is 0 Å². The van der Waals surface area contributed by atoms with E-state index in [0.717, 1.165) is 18.8 Å². The van der Waals surface area contributed by atoms with E-state index in [9.17, 15) is 10.0 Å².